The molecule has 0 amide bonds. The van der Waals surface area contributed by atoms with E-state index in [4.69, 9.17) is 26.2 Å². The maximum atomic E-state index is 13.4. The van der Waals surface area contributed by atoms with Crippen molar-refractivity contribution < 1.29 is 13.9 Å². The zero-order valence-corrected chi connectivity index (χ0v) is 14.5. The predicted octanol–water partition coefficient (Wildman–Crippen LogP) is 4.07. The molecule has 0 spiro atoms. The van der Waals surface area contributed by atoms with Crippen molar-refractivity contribution in [2.45, 2.75) is 6.42 Å². The Morgan fingerprint density at radius 3 is 2.77 bits per heavy atom. The lowest BCUT2D eigenvalue weighted by molar-refractivity contribution is 0.171. The van der Waals surface area contributed by atoms with Crippen molar-refractivity contribution in [3.63, 3.8) is 0 Å². The first-order valence-corrected chi connectivity index (χ1v) is 8.80. The molecule has 7 heteroatoms. The molecule has 0 bridgehead atoms. The predicted molar refractivity (Wildman–Crippen MR) is 97.2 cm³/mol. The van der Waals surface area contributed by atoms with Gasteiger partial charge >= 0.3 is 0 Å². The van der Waals surface area contributed by atoms with E-state index in [1.807, 2.05) is 22.9 Å². The zero-order valence-electron chi connectivity index (χ0n) is 13.8. The van der Waals surface area contributed by atoms with E-state index in [-0.39, 0.29) is 5.82 Å². The molecule has 0 atom stereocenters. The van der Waals surface area contributed by atoms with Crippen LogP contribution in [0.4, 0.5) is 10.2 Å². The molecule has 2 aliphatic heterocycles. The van der Waals surface area contributed by atoms with Gasteiger partial charge in [0.15, 0.2) is 11.5 Å². The number of nitrogens with zero attached hydrogens (tertiary/aromatic N) is 2. The third kappa shape index (κ3) is 2.41. The maximum absolute atomic E-state index is 13.4. The van der Waals surface area contributed by atoms with Crippen LogP contribution in [-0.4, -0.2) is 29.5 Å². The number of aromatic nitrogens is 2. The van der Waals surface area contributed by atoms with Crippen LogP contribution in [0.15, 0.2) is 36.4 Å². The summed E-state index contributed by atoms with van der Waals surface area (Å²) in [6.07, 6.45) is 0.836. The number of anilines is 1. The first kappa shape index (κ1) is 15.5. The van der Waals surface area contributed by atoms with Gasteiger partial charge in [-0.3, -0.25) is 0 Å². The van der Waals surface area contributed by atoms with E-state index < -0.39 is 0 Å². The van der Waals surface area contributed by atoms with Gasteiger partial charge in [0.25, 0.3) is 0 Å². The van der Waals surface area contributed by atoms with Crippen molar-refractivity contribution in [3.8, 4) is 28.4 Å². The van der Waals surface area contributed by atoms with Crippen molar-refractivity contribution >= 4 is 17.4 Å². The number of halogens is 2. The summed E-state index contributed by atoms with van der Waals surface area (Å²) < 4.78 is 26.5. The van der Waals surface area contributed by atoms with Crippen molar-refractivity contribution in [1.82, 2.24) is 9.78 Å². The second kappa shape index (κ2) is 5.92. The van der Waals surface area contributed by atoms with E-state index in [1.165, 1.54) is 12.1 Å². The number of fused-ring (bicyclic) bond motifs is 2. The van der Waals surface area contributed by atoms with Crippen molar-refractivity contribution in [1.29, 1.82) is 0 Å². The Labute approximate surface area is 154 Å². The molecule has 5 rings (SSSR count). The Kier molecular flexibility index (Phi) is 3.53. The summed E-state index contributed by atoms with van der Waals surface area (Å²) in [5.74, 6) is 2.01. The summed E-state index contributed by atoms with van der Waals surface area (Å²) in [7, 11) is 0. The van der Waals surface area contributed by atoms with Crippen LogP contribution >= 0.6 is 11.6 Å². The summed E-state index contributed by atoms with van der Waals surface area (Å²) in [4.78, 5) is 0. The van der Waals surface area contributed by atoms with Gasteiger partial charge in [0.2, 0.25) is 0 Å². The molecule has 3 aromatic rings. The molecule has 1 aromatic heterocycles. The molecule has 0 saturated heterocycles. The molecule has 0 unspecified atom stereocenters. The number of nitrogens with one attached hydrogen (secondary N) is 1. The van der Waals surface area contributed by atoms with Crippen LogP contribution in [0.25, 0.3) is 16.9 Å². The Hall–Kier alpha value is -2.73. The second-order valence-electron chi connectivity index (χ2n) is 6.22. The third-order valence-corrected chi connectivity index (χ3v) is 4.92. The Balaban J connectivity index is 1.65. The van der Waals surface area contributed by atoms with Gasteiger partial charge in [0, 0.05) is 23.7 Å². The van der Waals surface area contributed by atoms with Crippen LogP contribution in [0.2, 0.25) is 5.02 Å². The van der Waals surface area contributed by atoms with Crippen LogP contribution in [0, 0.1) is 5.82 Å². The molecule has 5 nitrogen and oxygen atoms in total. The molecule has 132 valence electrons. The largest absolute Gasteiger partial charge is 0.486 e. The van der Waals surface area contributed by atoms with Crippen LogP contribution in [-0.2, 0) is 6.42 Å². The standard InChI is InChI=1S/C19H15ClFN3O2/c20-15-9-11(21)1-3-13(15)18-14-5-6-22-19(14)24(23-18)12-2-4-16-17(10-12)26-8-7-25-16/h1-4,9-10,22H,5-8H2. The summed E-state index contributed by atoms with van der Waals surface area (Å²) in [5.41, 5.74) is 3.44. The van der Waals surface area contributed by atoms with E-state index in [2.05, 4.69) is 5.32 Å². The highest BCUT2D eigenvalue weighted by Crippen LogP contribution is 2.39. The minimum absolute atomic E-state index is 0.353. The van der Waals surface area contributed by atoms with Crippen LogP contribution < -0.4 is 14.8 Å². The van der Waals surface area contributed by atoms with E-state index in [0.29, 0.717) is 24.0 Å². The SMILES string of the molecule is Fc1ccc(-c2nn(-c3ccc4c(c3)OCCO4)c3c2CCN3)c(Cl)c1. The van der Waals surface area contributed by atoms with Crippen LogP contribution in [0.5, 0.6) is 11.5 Å². The van der Waals surface area contributed by atoms with E-state index in [9.17, 15) is 4.39 Å². The highest BCUT2D eigenvalue weighted by molar-refractivity contribution is 6.33. The molecule has 0 aliphatic carbocycles. The smallest absolute Gasteiger partial charge is 0.163 e. The fourth-order valence-corrected chi connectivity index (χ4v) is 3.68. The zero-order chi connectivity index (χ0) is 17.7. The second-order valence-corrected chi connectivity index (χ2v) is 6.62. The minimum atomic E-state index is -0.361. The van der Waals surface area contributed by atoms with Gasteiger partial charge in [0.05, 0.1) is 16.4 Å². The maximum Gasteiger partial charge on any atom is 0.163 e. The molecule has 26 heavy (non-hydrogen) atoms. The van der Waals surface area contributed by atoms with Crippen molar-refractivity contribution in [2.75, 3.05) is 25.1 Å². The summed E-state index contributed by atoms with van der Waals surface area (Å²) in [6, 6.07) is 10.1. The molecule has 0 radical (unpaired) electrons. The molecule has 0 fully saturated rings. The minimum Gasteiger partial charge on any atom is -0.486 e. The average Bonchev–Trinajstić information content (AvgIpc) is 3.24. The summed E-state index contributed by atoms with van der Waals surface area (Å²) in [5, 5.41) is 8.50. The normalized spacial score (nSPS) is 14.8. The lowest BCUT2D eigenvalue weighted by Gasteiger charge is -2.19. The lowest BCUT2D eigenvalue weighted by Crippen LogP contribution is -2.15. The Bertz CT molecular complexity index is 1020. The Morgan fingerprint density at radius 2 is 1.92 bits per heavy atom. The fourth-order valence-electron chi connectivity index (χ4n) is 3.42. The van der Waals surface area contributed by atoms with Gasteiger partial charge in [-0.15, -0.1) is 0 Å². The fraction of sp³-hybridized carbons (Fsp3) is 0.211. The monoisotopic (exact) mass is 371 g/mol. The number of ether oxygens (including phenoxy) is 2. The molecule has 3 heterocycles. The highest BCUT2D eigenvalue weighted by Gasteiger charge is 2.26. The first-order chi connectivity index (χ1) is 12.7. The van der Waals surface area contributed by atoms with Gasteiger partial charge < -0.3 is 14.8 Å². The van der Waals surface area contributed by atoms with E-state index in [0.717, 1.165) is 47.0 Å². The number of rotatable bonds is 2. The first-order valence-electron chi connectivity index (χ1n) is 8.42. The lowest BCUT2D eigenvalue weighted by atomic mass is 10.1. The van der Waals surface area contributed by atoms with E-state index in [1.54, 1.807) is 6.07 Å². The van der Waals surface area contributed by atoms with Crippen molar-refractivity contribution in [2.24, 2.45) is 0 Å². The quantitative estimate of drug-likeness (QED) is 0.737. The van der Waals surface area contributed by atoms with E-state index >= 15 is 0 Å². The van der Waals surface area contributed by atoms with Gasteiger partial charge in [-0.2, -0.15) is 5.10 Å². The van der Waals surface area contributed by atoms with Gasteiger partial charge in [-0.1, -0.05) is 11.6 Å². The number of hydrogen-bond acceptors (Lipinski definition) is 4. The number of hydrogen-bond donors (Lipinski definition) is 1. The van der Waals surface area contributed by atoms with Gasteiger partial charge in [-0.05, 0) is 36.8 Å². The molecule has 2 aromatic carbocycles. The molecular formula is C19H15ClFN3O2. The molecule has 2 aliphatic rings. The summed E-state index contributed by atoms with van der Waals surface area (Å²) >= 11 is 6.27. The highest BCUT2D eigenvalue weighted by atomic mass is 35.5. The Morgan fingerprint density at radius 1 is 1.08 bits per heavy atom. The van der Waals surface area contributed by atoms with Gasteiger partial charge in [0.1, 0.15) is 24.8 Å². The van der Waals surface area contributed by atoms with Crippen LogP contribution in [0.1, 0.15) is 5.56 Å². The molecule has 1 N–H and O–H groups in total. The van der Waals surface area contributed by atoms with Crippen LogP contribution in [0.3, 0.4) is 0 Å². The molecular weight excluding hydrogens is 357 g/mol. The topological polar surface area (TPSA) is 48.3 Å². The third-order valence-electron chi connectivity index (χ3n) is 4.61. The summed E-state index contributed by atoms with van der Waals surface area (Å²) in [6.45, 7) is 1.91. The molecule has 0 saturated carbocycles. The number of benzene rings is 2. The van der Waals surface area contributed by atoms with Crippen molar-refractivity contribution in [3.05, 3.63) is 52.8 Å². The van der Waals surface area contributed by atoms with Gasteiger partial charge in [-0.25, -0.2) is 9.07 Å². The average molecular weight is 372 g/mol.